The van der Waals surface area contributed by atoms with Crippen molar-refractivity contribution in [1.82, 2.24) is 0 Å². The normalized spacial score (nSPS) is 27.3. The van der Waals surface area contributed by atoms with Gasteiger partial charge in [0.2, 0.25) is 6.29 Å². The first-order chi connectivity index (χ1) is 13.9. The molecule has 0 spiro atoms. The van der Waals surface area contributed by atoms with Crippen molar-refractivity contribution in [2.75, 3.05) is 6.61 Å². The Morgan fingerprint density at radius 1 is 1.14 bits per heavy atom. The van der Waals surface area contributed by atoms with Crippen molar-refractivity contribution in [1.29, 1.82) is 0 Å². The molecule has 1 fully saturated rings. The number of aliphatic hydroxyl groups is 4. The maximum absolute atomic E-state index is 14.6. The smallest absolute Gasteiger partial charge is 0.345 e. The number of rotatable bonds is 4. The highest BCUT2D eigenvalue weighted by molar-refractivity contribution is 7.13. The molecule has 5 atom stereocenters. The van der Waals surface area contributed by atoms with E-state index in [1.807, 2.05) is 0 Å². The Labute approximate surface area is 167 Å². The van der Waals surface area contributed by atoms with Crippen LogP contribution in [0.25, 0.3) is 21.4 Å². The molecule has 0 amide bonds. The van der Waals surface area contributed by atoms with Gasteiger partial charge in [0.15, 0.2) is 11.6 Å². The molecule has 1 aliphatic heterocycles. The van der Waals surface area contributed by atoms with Crippen LogP contribution in [0.4, 0.5) is 4.39 Å². The number of hydrogen-bond donors (Lipinski definition) is 4. The third-order valence-corrected chi connectivity index (χ3v) is 5.57. The highest BCUT2D eigenvalue weighted by Gasteiger charge is 2.45. The number of thiophene rings is 1. The minimum Gasteiger partial charge on any atom is -0.459 e. The van der Waals surface area contributed by atoms with E-state index in [1.165, 1.54) is 17.4 Å². The first-order valence-electron chi connectivity index (χ1n) is 8.67. The second-order valence-electron chi connectivity index (χ2n) is 6.56. The molecule has 0 aliphatic carbocycles. The lowest BCUT2D eigenvalue weighted by atomic mass is 9.99. The average Bonchev–Trinajstić information content (AvgIpc) is 3.23. The number of aliphatic hydroxyl groups excluding tert-OH is 4. The first-order valence-corrected chi connectivity index (χ1v) is 9.55. The Morgan fingerprint density at radius 3 is 2.62 bits per heavy atom. The molecule has 1 aromatic carbocycles. The van der Waals surface area contributed by atoms with Gasteiger partial charge in [-0.2, -0.15) is 0 Å². The SMILES string of the molecule is O=c1oc2cc(O[C@@H]3O[C@H](CO)[C@H](O)[C@H](O)[C@H]3O)c(F)cc2cc1-c1cccs1. The second kappa shape index (κ2) is 7.82. The van der Waals surface area contributed by atoms with Crippen LogP contribution in [-0.2, 0) is 4.74 Å². The van der Waals surface area contributed by atoms with Gasteiger partial charge in [0.1, 0.15) is 30.0 Å². The summed E-state index contributed by atoms with van der Waals surface area (Å²) in [4.78, 5) is 13.0. The van der Waals surface area contributed by atoms with Crippen LogP contribution in [0.3, 0.4) is 0 Å². The highest BCUT2D eigenvalue weighted by atomic mass is 32.1. The molecule has 1 aliphatic rings. The molecular formula is C19H17FO8S. The number of fused-ring (bicyclic) bond motifs is 1. The van der Waals surface area contributed by atoms with Gasteiger partial charge in [0.25, 0.3) is 0 Å². The molecule has 0 bridgehead atoms. The van der Waals surface area contributed by atoms with Crippen LogP contribution in [0.1, 0.15) is 0 Å². The zero-order valence-corrected chi connectivity index (χ0v) is 15.6. The summed E-state index contributed by atoms with van der Waals surface area (Å²) in [6, 6.07) is 7.27. The second-order valence-corrected chi connectivity index (χ2v) is 7.51. The molecule has 4 N–H and O–H groups in total. The van der Waals surface area contributed by atoms with E-state index in [0.717, 1.165) is 12.1 Å². The fourth-order valence-corrected chi connectivity index (χ4v) is 3.83. The fraction of sp³-hybridized carbons (Fsp3) is 0.316. The van der Waals surface area contributed by atoms with Crippen LogP contribution in [-0.4, -0.2) is 57.7 Å². The lowest BCUT2D eigenvalue weighted by Crippen LogP contribution is -2.60. The van der Waals surface area contributed by atoms with Gasteiger partial charge in [0.05, 0.1) is 12.2 Å². The van der Waals surface area contributed by atoms with E-state index in [1.54, 1.807) is 17.5 Å². The Morgan fingerprint density at radius 2 is 1.93 bits per heavy atom. The standard InChI is InChI=1S/C19H17FO8S/c20-10-5-8-4-9(14-2-1-3-29-14)18(25)26-11(8)6-12(10)27-19-17(24)16(23)15(22)13(7-21)28-19/h1-6,13,15-17,19,21-24H,7H2/t13-,15+,16+,17-,19-/m1/s1. The van der Waals surface area contributed by atoms with Gasteiger partial charge in [-0.15, -0.1) is 11.3 Å². The molecular weight excluding hydrogens is 407 g/mol. The Hall–Kier alpha value is -2.34. The predicted octanol–water partition coefficient (Wildman–Crippen LogP) is 0.839. The third kappa shape index (κ3) is 3.66. The molecule has 29 heavy (non-hydrogen) atoms. The maximum atomic E-state index is 14.6. The van der Waals surface area contributed by atoms with Gasteiger partial charge < -0.3 is 34.3 Å². The van der Waals surface area contributed by atoms with Crippen LogP contribution in [0.15, 0.2) is 44.9 Å². The quantitative estimate of drug-likeness (QED) is 0.454. The lowest BCUT2D eigenvalue weighted by molar-refractivity contribution is -0.277. The summed E-state index contributed by atoms with van der Waals surface area (Å²) in [6.45, 7) is -0.647. The molecule has 3 aromatic rings. The first kappa shape index (κ1) is 20.0. The maximum Gasteiger partial charge on any atom is 0.345 e. The van der Waals surface area contributed by atoms with Crippen molar-refractivity contribution < 1.29 is 38.7 Å². The Balaban J connectivity index is 1.67. The minimum atomic E-state index is -1.70. The molecule has 0 saturated carbocycles. The molecule has 4 rings (SSSR count). The van der Waals surface area contributed by atoms with Crippen molar-refractivity contribution in [3.8, 4) is 16.2 Å². The molecule has 154 valence electrons. The van der Waals surface area contributed by atoms with Crippen molar-refractivity contribution in [2.45, 2.75) is 30.7 Å². The van der Waals surface area contributed by atoms with Crippen molar-refractivity contribution in [3.63, 3.8) is 0 Å². The number of ether oxygens (including phenoxy) is 2. The van der Waals surface area contributed by atoms with Crippen LogP contribution in [0.2, 0.25) is 0 Å². The summed E-state index contributed by atoms with van der Waals surface area (Å²) in [7, 11) is 0. The summed E-state index contributed by atoms with van der Waals surface area (Å²) in [5.41, 5.74) is -0.254. The van der Waals surface area contributed by atoms with E-state index in [2.05, 4.69) is 0 Å². The minimum absolute atomic E-state index is 0.0521. The molecule has 3 heterocycles. The van der Waals surface area contributed by atoms with Crippen molar-refractivity contribution in [3.05, 3.63) is 51.9 Å². The van der Waals surface area contributed by atoms with Crippen LogP contribution >= 0.6 is 11.3 Å². The van der Waals surface area contributed by atoms with Crippen molar-refractivity contribution in [2.24, 2.45) is 0 Å². The topological polar surface area (TPSA) is 130 Å². The molecule has 0 radical (unpaired) electrons. The summed E-state index contributed by atoms with van der Waals surface area (Å²) < 4.78 is 30.4. The van der Waals surface area contributed by atoms with Crippen LogP contribution in [0.5, 0.6) is 5.75 Å². The van der Waals surface area contributed by atoms with Gasteiger partial charge in [-0.25, -0.2) is 9.18 Å². The number of benzene rings is 1. The van der Waals surface area contributed by atoms with E-state index >= 15 is 0 Å². The Kier molecular flexibility index (Phi) is 5.38. The molecule has 10 heteroatoms. The molecule has 1 saturated heterocycles. The largest absolute Gasteiger partial charge is 0.459 e. The summed E-state index contributed by atoms with van der Waals surface area (Å²) >= 11 is 1.34. The van der Waals surface area contributed by atoms with E-state index in [4.69, 9.17) is 13.9 Å². The molecule has 8 nitrogen and oxygen atoms in total. The lowest BCUT2D eigenvalue weighted by Gasteiger charge is -2.39. The van der Waals surface area contributed by atoms with Gasteiger partial charge in [-0.05, 0) is 23.6 Å². The summed E-state index contributed by atoms with van der Waals surface area (Å²) in [5, 5.41) is 41.0. The zero-order chi connectivity index (χ0) is 20.7. The van der Waals surface area contributed by atoms with Gasteiger partial charge in [-0.3, -0.25) is 0 Å². The highest BCUT2D eigenvalue weighted by Crippen LogP contribution is 2.31. The zero-order valence-electron chi connectivity index (χ0n) is 14.8. The van der Waals surface area contributed by atoms with E-state index < -0.39 is 54.5 Å². The average molecular weight is 424 g/mol. The van der Waals surface area contributed by atoms with Gasteiger partial charge in [0, 0.05) is 16.3 Å². The number of hydrogen-bond acceptors (Lipinski definition) is 9. The monoisotopic (exact) mass is 424 g/mol. The fourth-order valence-electron chi connectivity index (χ4n) is 3.10. The summed E-state index contributed by atoms with van der Waals surface area (Å²) in [5.74, 6) is -1.21. The number of halogens is 1. The predicted molar refractivity (Wildman–Crippen MR) is 100 cm³/mol. The van der Waals surface area contributed by atoms with Crippen molar-refractivity contribution >= 4 is 22.3 Å². The van der Waals surface area contributed by atoms with Gasteiger partial charge in [-0.1, -0.05) is 6.07 Å². The van der Waals surface area contributed by atoms with E-state index in [0.29, 0.717) is 15.8 Å². The molecule has 0 unspecified atom stereocenters. The van der Waals surface area contributed by atoms with E-state index in [9.17, 15) is 29.6 Å². The van der Waals surface area contributed by atoms with Crippen LogP contribution < -0.4 is 10.4 Å². The van der Waals surface area contributed by atoms with E-state index in [-0.39, 0.29) is 5.58 Å². The molecule has 2 aromatic heterocycles. The van der Waals surface area contributed by atoms with Gasteiger partial charge >= 0.3 is 5.63 Å². The summed E-state index contributed by atoms with van der Waals surface area (Å²) in [6.07, 6.45) is -7.69. The van der Waals surface area contributed by atoms with Crippen LogP contribution in [0, 0.1) is 5.82 Å². The third-order valence-electron chi connectivity index (χ3n) is 4.66. The Bertz CT molecular complexity index is 1060.